The van der Waals surface area contributed by atoms with Crippen molar-refractivity contribution < 1.29 is 27.5 Å². The van der Waals surface area contributed by atoms with Crippen LogP contribution in [-0.2, 0) is 15.8 Å². The first-order valence-corrected chi connectivity index (χ1v) is 12.2. The molecular weight excluding hydrogens is 513 g/mol. The summed E-state index contributed by atoms with van der Waals surface area (Å²) >= 11 is 7.09. The van der Waals surface area contributed by atoms with E-state index in [0.29, 0.717) is 17.2 Å². The van der Waals surface area contributed by atoms with Gasteiger partial charge in [0, 0.05) is 18.5 Å². The number of nitrogens with zero attached hydrogens (tertiary/aromatic N) is 3. The molecule has 36 heavy (non-hydrogen) atoms. The molecule has 0 saturated carbocycles. The normalized spacial score (nSPS) is 19.0. The average Bonchev–Trinajstić information content (AvgIpc) is 3.01. The lowest BCUT2D eigenvalue weighted by Gasteiger charge is -2.31. The highest BCUT2D eigenvalue weighted by Crippen LogP contribution is 2.43. The number of thioether (sulfide) groups is 1. The highest BCUT2D eigenvalue weighted by atomic mass is 32.2. The molecule has 1 atom stereocenters. The van der Waals surface area contributed by atoms with Gasteiger partial charge in [0.1, 0.15) is 17.4 Å². The lowest BCUT2D eigenvalue weighted by atomic mass is 10.0. The van der Waals surface area contributed by atoms with Crippen LogP contribution in [0.3, 0.4) is 0 Å². The molecule has 4 rings (SSSR count). The Kier molecular flexibility index (Phi) is 6.66. The van der Waals surface area contributed by atoms with E-state index in [2.05, 4.69) is 5.32 Å². The maximum atomic E-state index is 13.5. The summed E-state index contributed by atoms with van der Waals surface area (Å²) in [5.41, 5.74) is -2.37. The molecule has 188 valence electrons. The van der Waals surface area contributed by atoms with Crippen LogP contribution in [0.5, 0.6) is 5.75 Å². The first-order chi connectivity index (χ1) is 16.9. The van der Waals surface area contributed by atoms with E-state index >= 15 is 0 Å². The molecule has 7 nitrogen and oxygen atoms in total. The number of benzene rings is 2. The summed E-state index contributed by atoms with van der Waals surface area (Å²) in [6, 6.07) is 9.86. The van der Waals surface area contributed by atoms with E-state index in [4.69, 9.17) is 22.2 Å². The second-order valence-corrected chi connectivity index (χ2v) is 10.1. The minimum atomic E-state index is -4.77. The Hall–Kier alpha value is -3.30. The second kappa shape index (κ2) is 9.29. The van der Waals surface area contributed by atoms with Gasteiger partial charge in [-0.2, -0.15) is 18.4 Å². The van der Waals surface area contributed by atoms with Gasteiger partial charge in [-0.25, -0.2) is 0 Å². The highest BCUT2D eigenvalue weighted by Gasteiger charge is 2.51. The minimum absolute atomic E-state index is 0.0157. The third kappa shape index (κ3) is 4.49. The SMILES string of the molecule is CNC(=O)CC1CSc2cc(N3C(=S)N(c4ccc(C#N)c(C(F)(F)F)c4)C(=O)C3(C)C)ccc2O1. The second-order valence-electron chi connectivity index (χ2n) is 8.72. The van der Waals surface area contributed by atoms with Crippen LogP contribution in [0.4, 0.5) is 24.5 Å². The van der Waals surface area contributed by atoms with E-state index in [1.54, 1.807) is 44.0 Å². The van der Waals surface area contributed by atoms with Crippen molar-refractivity contribution in [3.05, 3.63) is 47.5 Å². The third-order valence-electron chi connectivity index (χ3n) is 5.95. The number of rotatable bonds is 4. The van der Waals surface area contributed by atoms with E-state index in [1.807, 2.05) is 0 Å². The molecule has 1 N–H and O–H groups in total. The van der Waals surface area contributed by atoms with Crippen LogP contribution in [0, 0.1) is 11.3 Å². The molecule has 1 unspecified atom stereocenters. The zero-order chi connectivity index (χ0) is 26.4. The molecule has 0 aliphatic carbocycles. The van der Waals surface area contributed by atoms with Gasteiger partial charge in [-0.1, -0.05) is 0 Å². The van der Waals surface area contributed by atoms with E-state index in [1.165, 1.54) is 23.9 Å². The Morgan fingerprint density at radius 2 is 1.97 bits per heavy atom. The average molecular weight is 535 g/mol. The Morgan fingerprint density at radius 3 is 2.61 bits per heavy atom. The molecule has 12 heteroatoms. The van der Waals surface area contributed by atoms with Gasteiger partial charge in [0.05, 0.1) is 34.2 Å². The highest BCUT2D eigenvalue weighted by molar-refractivity contribution is 7.99. The summed E-state index contributed by atoms with van der Waals surface area (Å²) in [5.74, 6) is 0.517. The molecule has 1 fully saturated rings. The predicted octanol–water partition coefficient (Wildman–Crippen LogP) is 4.48. The number of amides is 2. The van der Waals surface area contributed by atoms with E-state index < -0.39 is 28.7 Å². The van der Waals surface area contributed by atoms with Gasteiger partial charge in [0.2, 0.25) is 5.91 Å². The predicted molar refractivity (Wildman–Crippen MR) is 133 cm³/mol. The van der Waals surface area contributed by atoms with Crippen molar-refractivity contribution >= 4 is 52.3 Å². The zero-order valence-corrected chi connectivity index (χ0v) is 21.1. The first kappa shape index (κ1) is 25.8. The van der Waals surface area contributed by atoms with Crippen LogP contribution in [0.1, 0.15) is 31.4 Å². The number of carbonyl (C=O) groups is 2. The van der Waals surface area contributed by atoms with Crippen LogP contribution < -0.4 is 19.9 Å². The van der Waals surface area contributed by atoms with Crippen molar-refractivity contribution in [1.29, 1.82) is 5.26 Å². The standard InChI is InChI=1S/C24H21F3N4O3S2/c1-23(2)21(33)30(14-5-4-13(11-28)17(8-14)24(25,26)27)22(35)31(23)15-6-7-18-19(9-15)36-12-16(34-18)10-20(32)29-3/h4-9,16H,10,12H2,1-3H3,(H,29,32). The molecular formula is C24H21F3N4O3S2. The van der Waals surface area contributed by atoms with Gasteiger partial charge in [0.15, 0.2) is 5.11 Å². The van der Waals surface area contributed by atoms with E-state index in [-0.39, 0.29) is 29.2 Å². The van der Waals surface area contributed by atoms with Gasteiger partial charge in [-0.15, -0.1) is 11.8 Å². The molecule has 0 radical (unpaired) electrons. The number of hydrogen-bond acceptors (Lipinski definition) is 6. The number of nitriles is 1. The molecule has 2 heterocycles. The quantitative estimate of drug-likeness (QED) is 0.579. The lowest BCUT2D eigenvalue weighted by Crippen LogP contribution is -2.44. The molecule has 2 aromatic carbocycles. The minimum Gasteiger partial charge on any atom is -0.488 e. The maximum Gasteiger partial charge on any atom is 0.417 e. The molecule has 0 bridgehead atoms. The van der Waals surface area contributed by atoms with Crippen LogP contribution in [0.15, 0.2) is 41.3 Å². The summed E-state index contributed by atoms with van der Waals surface area (Å²) in [6.07, 6.45) is -4.83. The largest absolute Gasteiger partial charge is 0.488 e. The zero-order valence-electron chi connectivity index (χ0n) is 19.5. The molecule has 2 amide bonds. The topological polar surface area (TPSA) is 85.7 Å². The van der Waals surface area contributed by atoms with Crippen LogP contribution >= 0.6 is 24.0 Å². The summed E-state index contributed by atoms with van der Waals surface area (Å²) in [5, 5.41) is 11.7. The summed E-state index contributed by atoms with van der Waals surface area (Å²) < 4.78 is 46.5. The number of ether oxygens (including phenoxy) is 1. The van der Waals surface area contributed by atoms with Crippen molar-refractivity contribution in [2.75, 3.05) is 22.6 Å². The first-order valence-electron chi connectivity index (χ1n) is 10.8. The van der Waals surface area contributed by atoms with Crippen molar-refractivity contribution in [1.82, 2.24) is 5.32 Å². The fraction of sp³-hybridized carbons (Fsp3) is 0.333. The fourth-order valence-electron chi connectivity index (χ4n) is 4.11. The number of halogens is 3. The van der Waals surface area contributed by atoms with Gasteiger partial charge in [-0.05, 0) is 62.5 Å². The smallest absolute Gasteiger partial charge is 0.417 e. The molecule has 2 aliphatic rings. The van der Waals surface area contributed by atoms with Crippen molar-refractivity contribution in [2.24, 2.45) is 0 Å². The number of alkyl halides is 3. The van der Waals surface area contributed by atoms with Crippen molar-refractivity contribution in [3.8, 4) is 11.8 Å². The van der Waals surface area contributed by atoms with Gasteiger partial charge in [0.25, 0.3) is 5.91 Å². The molecule has 0 spiro atoms. The van der Waals surface area contributed by atoms with E-state index in [0.717, 1.165) is 21.9 Å². The molecule has 1 saturated heterocycles. The Balaban J connectivity index is 1.67. The lowest BCUT2D eigenvalue weighted by molar-refractivity contribution is -0.137. The Labute approximate surface area is 215 Å². The van der Waals surface area contributed by atoms with Gasteiger partial charge >= 0.3 is 6.18 Å². The summed E-state index contributed by atoms with van der Waals surface area (Å²) in [6.45, 7) is 3.27. The number of fused-ring (bicyclic) bond motifs is 1. The Morgan fingerprint density at radius 1 is 1.28 bits per heavy atom. The number of carbonyl (C=O) groups excluding carboxylic acids is 2. The van der Waals surface area contributed by atoms with Crippen molar-refractivity contribution in [3.63, 3.8) is 0 Å². The van der Waals surface area contributed by atoms with Crippen molar-refractivity contribution in [2.45, 2.75) is 43.0 Å². The summed E-state index contributed by atoms with van der Waals surface area (Å²) in [7, 11) is 1.56. The molecule has 0 aromatic heterocycles. The fourth-order valence-corrected chi connectivity index (χ4v) is 5.65. The number of hydrogen-bond donors (Lipinski definition) is 1. The Bertz CT molecular complexity index is 1310. The number of anilines is 2. The number of thiocarbonyl (C=S) groups is 1. The van der Waals surface area contributed by atoms with Gasteiger partial charge < -0.3 is 15.0 Å². The van der Waals surface area contributed by atoms with E-state index in [9.17, 15) is 22.8 Å². The van der Waals surface area contributed by atoms with Crippen LogP contribution in [0.25, 0.3) is 0 Å². The maximum absolute atomic E-state index is 13.5. The van der Waals surface area contributed by atoms with Gasteiger partial charge in [-0.3, -0.25) is 14.5 Å². The third-order valence-corrected chi connectivity index (χ3v) is 7.48. The molecule has 2 aromatic rings. The number of nitrogens with one attached hydrogen (secondary N) is 1. The summed E-state index contributed by atoms with van der Waals surface area (Å²) in [4.78, 5) is 28.5. The molecule has 2 aliphatic heterocycles. The van der Waals surface area contributed by atoms with Crippen LogP contribution in [-0.4, -0.2) is 41.4 Å². The van der Waals surface area contributed by atoms with Crippen LogP contribution in [0.2, 0.25) is 0 Å². The monoisotopic (exact) mass is 534 g/mol.